The van der Waals surface area contributed by atoms with Crippen molar-refractivity contribution in [3.8, 4) is 0 Å². The van der Waals surface area contributed by atoms with Crippen molar-refractivity contribution in [1.29, 1.82) is 0 Å². The average Bonchev–Trinajstić information content (AvgIpc) is 2.78. The van der Waals surface area contributed by atoms with Crippen LogP contribution in [0.3, 0.4) is 0 Å². The summed E-state index contributed by atoms with van der Waals surface area (Å²) in [5.74, 6) is 1.40. The molecule has 0 heterocycles. The molecule has 16 heavy (non-hydrogen) atoms. The van der Waals surface area contributed by atoms with E-state index in [0.29, 0.717) is 5.92 Å². The Labute approximate surface area is 99.1 Å². The number of esters is 1. The van der Waals surface area contributed by atoms with Crippen molar-refractivity contribution >= 4 is 5.97 Å². The first-order valence-electron chi connectivity index (χ1n) is 6.48. The van der Waals surface area contributed by atoms with Gasteiger partial charge in [0.1, 0.15) is 0 Å². The number of ether oxygens (including phenoxy) is 1. The summed E-state index contributed by atoms with van der Waals surface area (Å²) in [5, 5.41) is 0. The highest BCUT2D eigenvalue weighted by Crippen LogP contribution is 2.31. The zero-order valence-electron chi connectivity index (χ0n) is 10.8. The van der Waals surface area contributed by atoms with Gasteiger partial charge in [-0.15, -0.1) is 0 Å². The van der Waals surface area contributed by atoms with E-state index in [0.717, 1.165) is 24.3 Å². The molecule has 2 nitrogen and oxygen atoms in total. The van der Waals surface area contributed by atoms with Gasteiger partial charge in [0.2, 0.25) is 0 Å². The van der Waals surface area contributed by atoms with Crippen LogP contribution in [0, 0.1) is 11.8 Å². The molecule has 0 fully saturated rings. The van der Waals surface area contributed by atoms with Crippen LogP contribution in [-0.2, 0) is 9.53 Å². The number of carbonyl (C=O) groups is 1. The summed E-state index contributed by atoms with van der Waals surface area (Å²) >= 11 is 0. The van der Waals surface area contributed by atoms with Gasteiger partial charge in [-0.3, -0.25) is 0 Å². The van der Waals surface area contributed by atoms with Gasteiger partial charge in [-0.2, -0.15) is 0 Å². The van der Waals surface area contributed by atoms with E-state index in [-0.39, 0.29) is 5.97 Å². The van der Waals surface area contributed by atoms with Crippen molar-refractivity contribution in [2.45, 2.75) is 52.4 Å². The highest BCUT2D eigenvalue weighted by atomic mass is 16.5. The third-order valence-electron chi connectivity index (χ3n) is 3.79. The van der Waals surface area contributed by atoms with Crippen LogP contribution in [0.15, 0.2) is 11.6 Å². The van der Waals surface area contributed by atoms with E-state index in [2.05, 4.69) is 19.9 Å². The molecular weight excluding hydrogens is 200 g/mol. The number of methoxy groups -OCH3 is 1. The maximum absolute atomic E-state index is 11.3. The summed E-state index contributed by atoms with van der Waals surface area (Å²) in [6.07, 6.45) is 9.16. The van der Waals surface area contributed by atoms with Gasteiger partial charge in [0, 0.05) is 5.57 Å². The second-order valence-electron chi connectivity index (χ2n) is 4.79. The summed E-state index contributed by atoms with van der Waals surface area (Å²) in [7, 11) is 1.46. The third kappa shape index (κ3) is 3.66. The standard InChI is InChI=1S/C14H24O2/c1-4-11(5-2)6-7-12-8-9-13(10-12)14(15)16-3/h9,11-12H,4-8,10H2,1-3H3. The second kappa shape index (κ2) is 6.72. The third-order valence-corrected chi connectivity index (χ3v) is 3.79. The van der Waals surface area contributed by atoms with Crippen LogP contribution in [0.2, 0.25) is 0 Å². The Bertz CT molecular complexity index is 251. The van der Waals surface area contributed by atoms with E-state index < -0.39 is 0 Å². The first kappa shape index (κ1) is 13.3. The minimum atomic E-state index is -0.134. The SMILES string of the molecule is CCC(CC)CCC1CC=C(C(=O)OC)C1. The van der Waals surface area contributed by atoms with Gasteiger partial charge >= 0.3 is 5.97 Å². The van der Waals surface area contributed by atoms with E-state index in [1.54, 1.807) is 0 Å². The Morgan fingerprint density at radius 1 is 1.50 bits per heavy atom. The molecule has 1 unspecified atom stereocenters. The molecule has 0 aromatic rings. The Kier molecular flexibility index (Phi) is 5.58. The zero-order chi connectivity index (χ0) is 12.0. The van der Waals surface area contributed by atoms with E-state index in [1.807, 2.05) is 0 Å². The molecule has 0 aliphatic heterocycles. The Morgan fingerprint density at radius 2 is 2.19 bits per heavy atom. The molecule has 1 atom stereocenters. The minimum Gasteiger partial charge on any atom is -0.466 e. The van der Waals surface area contributed by atoms with Crippen molar-refractivity contribution in [3.63, 3.8) is 0 Å². The molecule has 1 aliphatic carbocycles. The predicted octanol–water partition coefficient (Wildman–Crippen LogP) is 3.71. The van der Waals surface area contributed by atoms with Gasteiger partial charge in [-0.1, -0.05) is 39.2 Å². The first-order chi connectivity index (χ1) is 7.71. The lowest BCUT2D eigenvalue weighted by Gasteiger charge is -2.15. The van der Waals surface area contributed by atoms with E-state index in [1.165, 1.54) is 32.8 Å². The van der Waals surface area contributed by atoms with Gasteiger partial charge in [0.05, 0.1) is 7.11 Å². The quantitative estimate of drug-likeness (QED) is 0.643. The number of hydrogen-bond acceptors (Lipinski definition) is 2. The van der Waals surface area contributed by atoms with Gasteiger partial charge in [0.25, 0.3) is 0 Å². The van der Waals surface area contributed by atoms with Gasteiger partial charge < -0.3 is 4.74 Å². The highest BCUT2D eigenvalue weighted by Gasteiger charge is 2.22. The van der Waals surface area contributed by atoms with Crippen molar-refractivity contribution in [2.75, 3.05) is 7.11 Å². The Balaban J connectivity index is 2.26. The molecule has 0 N–H and O–H groups in total. The number of allylic oxidation sites excluding steroid dienone is 1. The van der Waals surface area contributed by atoms with Crippen LogP contribution >= 0.6 is 0 Å². The van der Waals surface area contributed by atoms with Gasteiger partial charge in [-0.25, -0.2) is 4.79 Å². The largest absolute Gasteiger partial charge is 0.466 e. The second-order valence-corrected chi connectivity index (χ2v) is 4.79. The summed E-state index contributed by atoms with van der Waals surface area (Å²) < 4.78 is 4.74. The summed E-state index contributed by atoms with van der Waals surface area (Å²) in [4.78, 5) is 11.3. The van der Waals surface area contributed by atoms with Gasteiger partial charge in [-0.05, 0) is 31.1 Å². The Morgan fingerprint density at radius 3 is 2.75 bits per heavy atom. The van der Waals surface area contributed by atoms with Gasteiger partial charge in [0.15, 0.2) is 0 Å². The molecule has 1 aliphatic rings. The van der Waals surface area contributed by atoms with Crippen LogP contribution in [0.1, 0.15) is 52.4 Å². The molecule has 0 bridgehead atoms. The molecule has 2 heteroatoms. The van der Waals surface area contributed by atoms with Crippen LogP contribution in [0.5, 0.6) is 0 Å². The number of hydrogen-bond donors (Lipinski definition) is 0. The molecule has 1 rings (SSSR count). The number of carbonyl (C=O) groups excluding carboxylic acids is 1. The molecule has 0 spiro atoms. The lowest BCUT2D eigenvalue weighted by atomic mass is 9.91. The maximum Gasteiger partial charge on any atom is 0.333 e. The zero-order valence-corrected chi connectivity index (χ0v) is 10.8. The van der Waals surface area contributed by atoms with Crippen molar-refractivity contribution < 1.29 is 9.53 Å². The topological polar surface area (TPSA) is 26.3 Å². The Hall–Kier alpha value is -0.790. The molecule has 0 aromatic heterocycles. The molecule has 0 amide bonds. The molecule has 92 valence electrons. The molecule has 0 saturated carbocycles. The predicted molar refractivity (Wildman–Crippen MR) is 66.1 cm³/mol. The first-order valence-corrected chi connectivity index (χ1v) is 6.48. The molecule has 0 saturated heterocycles. The lowest BCUT2D eigenvalue weighted by Crippen LogP contribution is -2.06. The minimum absolute atomic E-state index is 0.134. The summed E-state index contributed by atoms with van der Waals surface area (Å²) in [5.41, 5.74) is 0.886. The fourth-order valence-electron chi connectivity index (χ4n) is 2.47. The molecule has 0 aromatic carbocycles. The van der Waals surface area contributed by atoms with Crippen LogP contribution in [0.4, 0.5) is 0 Å². The van der Waals surface area contributed by atoms with Crippen LogP contribution in [0.25, 0.3) is 0 Å². The van der Waals surface area contributed by atoms with E-state index in [9.17, 15) is 4.79 Å². The maximum atomic E-state index is 11.3. The summed E-state index contributed by atoms with van der Waals surface area (Å²) in [6.45, 7) is 4.53. The van der Waals surface area contributed by atoms with Crippen LogP contribution in [-0.4, -0.2) is 13.1 Å². The van der Waals surface area contributed by atoms with Crippen molar-refractivity contribution in [1.82, 2.24) is 0 Å². The van der Waals surface area contributed by atoms with E-state index in [4.69, 9.17) is 4.74 Å². The summed E-state index contributed by atoms with van der Waals surface area (Å²) in [6, 6.07) is 0. The highest BCUT2D eigenvalue weighted by molar-refractivity contribution is 5.88. The molecule has 0 radical (unpaired) electrons. The fraction of sp³-hybridized carbons (Fsp3) is 0.786. The van der Waals surface area contributed by atoms with E-state index >= 15 is 0 Å². The normalized spacial score (nSPS) is 20.0. The van der Waals surface area contributed by atoms with Crippen LogP contribution < -0.4 is 0 Å². The average molecular weight is 224 g/mol. The van der Waals surface area contributed by atoms with Crippen molar-refractivity contribution in [2.24, 2.45) is 11.8 Å². The number of rotatable bonds is 6. The fourth-order valence-corrected chi connectivity index (χ4v) is 2.47. The monoisotopic (exact) mass is 224 g/mol. The smallest absolute Gasteiger partial charge is 0.333 e. The van der Waals surface area contributed by atoms with Crippen molar-refractivity contribution in [3.05, 3.63) is 11.6 Å². The molecular formula is C14H24O2. The lowest BCUT2D eigenvalue weighted by molar-refractivity contribution is -0.136.